The van der Waals surface area contributed by atoms with Gasteiger partial charge in [0, 0.05) is 44.7 Å². The molecular weight excluding hydrogens is 541 g/mol. The van der Waals surface area contributed by atoms with Crippen LogP contribution in [0.25, 0.3) is 10.1 Å². The molecule has 4 rings (SSSR count). The first kappa shape index (κ1) is 23.2. The Morgan fingerprint density at radius 2 is 1.97 bits per heavy atom. The molecule has 2 heterocycles. The van der Waals surface area contributed by atoms with Crippen LogP contribution < -0.4 is 5.32 Å². The van der Waals surface area contributed by atoms with Crippen LogP contribution in [-0.2, 0) is 20.3 Å². The molecule has 0 unspecified atom stereocenters. The standard InChI is InChI=1S/C17H18BrF2N2O6PS2/c1-31(27,28)22-7-16(8-22)5-10(6-16)21-15(23)9-2-3-12-11(4-9)13(18)14(30-12)17(19,20)29(24,25)26/h2-4,10H,5-8H2,1H3,(H,21,23)(H2,24,25,26). The molecule has 1 aromatic carbocycles. The van der Waals surface area contributed by atoms with Gasteiger partial charge in [0.2, 0.25) is 10.0 Å². The molecule has 1 saturated carbocycles. The summed E-state index contributed by atoms with van der Waals surface area (Å²) in [6.07, 6.45) is 2.49. The van der Waals surface area contributed by atoms with Gasteiger partial charge in [0.05, 0.1) is 6.26 Å². The molecule has 2 aliphatic rings. The Bertz CT molecular complexity index is 1230. The topological polar surface area (TPSA) is 124 Å². The third-order valence-electron chi connectivity index (χ3n) is 5.72. The fourth-order valence-electron chi connectivity index (χ4n) is 4.09. The number of halogens is 3. The van der Waals surface area contributed by atoms with Crippen molar-refractivity contribution < 1.29 is 36.3 Å². The third-order valence-corrected chi connectivity index (χ3v) is 10.3. The van der Waals surface area contributed by atoms with Crippen LogP contribution in [-0.4, -0.2) is 53.8 Å². The van der Waals surface area contributed by atoms with E-state index in [9.17, 15) is 26.6 Å². The Labute approximate surface area is 189 Å². The van der Waals surface area contributed by atoms with Crippen LogP contribution in [0, 0.1) is 5.41 Å². The van der Waals surface area contributed by atoms with Crippen LogP contribution in [0.5, 0.6) is 0 Å². The summed E-state index contributed by atoms with van der Waals surface area (Å²) in [5.74, 6) is -0.401. The number of nitrogens with one attached hydrogen (secondary N) is 1. The predicted octanol–water partition coefficient (Wildman–Crippen LogP) is 3.04. The van der Waals surface area contributed by atoms with E-state index >= 15 is 0 Å². The summed E-state index contributed by atoms with van der Waals surface area (Å²) < 4.78 is 64.1. The summed E-state index contributed by atoms with van der Waals surface area (Å²) in [4.78, 5) is 29.8. The van der Waals surface area contributed by atoms with Gasteiger partial charge in [-0.25, -0.2) is 12.7 Å². The van der Waals surface area contributed by atoms with Gasteiger partial charge in [0.25, 0.3) is 5.91 Å². The van der Waals surface area contributed by atoms with Gasteiger partial charge in [0.15, 0.2) is 0 Å². The maximum absolute atomic E-state index is 14.2. The van der Waals surface area contributed by atoms with Gasteiger partial charge >= 0.3 is 13.3 Å². The minimum absolute atomic E-state index is 0.0929. The van der Waals surface area contributed by atoms with Crippen molar-refractivity contribution in [3.05, 3.63) is 33.1 Å². The molecule has 14 heteroatoms. The lowest BCUT2D eigenvalue weighted by Crippen LogP contribution is -2.67. The van der Waals surface area contributed by atoms with Gasteiger partial charge in [-0.05, 0) is 47.0 Å². The molecule has 1 aliphatic carbocycles. The van der Waals surface area contributed by atoms with E-state index in [1.54, 1.807) is 0 Å². The Morgan fingerprint density at radius 1 is 1.35 bits per heavy atom. The SMILES string of the molecule is CS(=O)(=O)N1CC2(CC(NC(=O)c3ccc4sc(C(F)(F)P(=O)(O)O)c(Br)c4c3)C2)C1. The van der Waals surface area contributed by atoms with Crippen LogP contribution >= 0.6 is 34.9 Å². The number of carbonyl (C=O) groups excluding carboxylic acids is 1. The fourth-order valence-corrected chi connectivity index (χ4v) is 8.03. The molecule has 1 aliphatic heterocycles. The maximum Gasteiger partial charge on any atom is 0.400 e. The highest BCUT2D eigenvalue weighted by molar-refractivity contribution is 9.10. The molecular formula is C17H18BrF2N2O6PS2. The number of benzene rings is 1. The second kappa shape index (κ2) is 7.28. The number of rotatable bonds is 5. The second-order valence-electron chi connectivity index (χ2n) is 8.15. The Morgan fingerprint density at radius 3 is 2.52 bits per heavy atom. The highest BCUT2D eigenvalue weighted by Gasteiger charge is 2.55. The molecule has 0 atom stereocenters. The summed E-state index contributed by atoms with van der Waals surface area (Å²) in [6, 6.07) is 4.21. The maximum atomic E-state index is 14.2. The molecule has 1 amide bonds. The fraction of sp³-hybridized carbons (Fsp3) is 0.471. The zero-order valence-electron chi connectivity index (χ0n) is 16.0. The van der Waals surface area contributed by atoms with Crippen LogP contribution in [0.4, 0.5) is 8.78 Å². The van der Waals surface area contributed by atoms with Crippen LogP contribution in [0.2, 0.25) is 0 Å². The lowest BCUT2D eigenvalue weighted by atomic mass is 9.61. The zero-order valence-corrected chi connectivity index (χ0v) is 20.1. The van der Waals surface area contributed by atoms with E-state index in [1.165, 1.54) is 22.5 Å². The molecule has 1 saturated heterocycles. The van der Waals surface area contributed by atoms with E-state index in [0.29, 0.717) is 42.0 Å². The monoisotopic (exact) mass is 558 g/mol. The van der Waals surface area contributed by atoms with E-state index in [4.69, 9.17) is 9.79 Å². The number of amides is 1. The first-order chi connectivity index (χ1) is 14.1. The van der Waals surface area contributed by atoms with Crippen molar-refractivity contribution in [2.24, 2.45) is 5.41 Å². The van der Waals surface area contributed by atoms with Gasteiger partial charge in [-0.15, -0.1) is 11.3 Å². The number of alkyl halides is 2. The Balaban J connectivity index is 1.47. The van der Waals surface area contributed by atoms with Crippen molar-refractivity contribution in [1.82, 2.24) is 9.62 Å². The molecule has 170 valence electrons. The van der Waals surface area contributed by atoms with Gasteiger partial charge in [-0.2, -0.15) is 8.78 Å². The summed E-state index contributed by atoms with van der Waals surface area (Å²) in [5.41, 5.74) is -4.21. The Kier molecular flexibility index (Phi) is 5.45. The van der Waals surface area contributed by atoms with E-state index < -0.39 is 34.1 Å². The minimum Gasteiger partial charge on any atom is -0.349 e. The number of nitrogens with zero attached hydrogens (tertiary/aromatic N) is 1. The van der Waals surface area contributed by atoms with E-state index in [2.05, 4.69) is 21.2 Å². The second-order valence-corrected chi connectivity index (χ2v) is 13.6. The molecule has 1 spiro atoms. The summed E-state index contributed by atoms with van der Waals surface area (Å²) in [6.45, 7) is 0.894. The van der Waals surface area contributed by atoms with Crippen LogP contribution in [0.15, 0.2) is 22.7 Å². The largest absolute Gasteiger partial charge is 0.400 e. The molecule has 2 fully saturated rings. The lowest BCUT2D eigenvalue weighted by Gasteiger charge is -2.58. The molecule has 31 heavy (non-hydrogen) atoms. The van der Waals surface area contributed by atoms with Crippen molar-refractivity contribution in [2.75, 3.05) is 19.3 Å². The number of sulfonamides is 1. The van der Waals surface area contributed by atoms with Crippen LogP contribution in [0.3, 0.4) is 0 Å². The molecule has 0 bridgehead atoms. The number of thiophene rings is 1. The molecule has 1 aromatic heterocycles. The summed E-state index contributed by atoms with van der Waals surface area (Å²) >= 11 is 3.54. The van der Waals surface area contributed by atoms with Gasteiger partial charge < -0.3 is 15.1 Å². The van der Waals surface area contributed by atoms with Gasteiger partial charge in [-0.1, -0.05) is 0 Å². The summed E-state index contributed by atoms with van der Waals surface area (Å²) in [7, 11) is -8.92. The van der Waals surface area contributed by atoms with E-state index in [0.717, 1.165) is 6.26 Å². The first-order valence-corrected chi connectivity index (χ1v) is 14.1. The predicted molar refractivity (Wildman–Crippen MR) is 115 cm³/mol. The van der Waals surface area contributed by atoms with Crippen LogP contribution in [0.1, 0.15) is 28.1 Å². The number of carbonyl (C=O) groups is 1. The van der Waals surface area contributed by atoms with E-state index in [-0.39, 0.29) is 26.9 Å². The molecule has 0 radical (unpaired) electrons. The normalized spacial score (nSPS) is 19.9. The smallest absolute Gasteiger partial charge is 0.349 e. The van der Waals surface area contributed by atoms with Crippen molar-refractivity contribution in [2.45, 2.75) is 24.5 Å². The van der Waals surface area contributed by atoms with Crippen molar-refractivity contribution in [3.8, 4) is 0 Å². The number of hydrogen-bond acceptors (Lipinski definition) is 5. The first-order valence-electron chi connectivity index (χ1n) is 9.05. The van der Waals surface area contributed by atoms with Gasteiger partial charge in [-0.3, -0.25) is 9.36 Å². The minimum atomic E-state index is -5.72. The van der Waals surface area contributed by atoms with Crippen molar-refractivity contribution in [1.29, 1.82) is 0 Å². The zero-order chi connectivity index (χ0) is 23.0. The highest BCUT2D eigenvalue weighted by atomic mass is 79.9. The van der Waals surface area contributed by atoms with Crippen molar-refractivity contribution in [3.63, 3.8) is 0 Å². The Hall–Kier alpha value is -0.950. The molecule has 8 nitrogen and oxygen atoms in total. The highest BCUT2D eigenvalue weighted by Crippen LogP contribution is 2.63. The number of hydrogen-bond donors (Lipinski definition) is 3. The quantitative estimate of drug-likeness (QED) is 0.484. The molecule has 2 aromatic rings. The number of fused-ring (bicyclic) bond motifs is 1. The van der Waals surface area contributed by atoms with Gasteiger partial charge in [0.1, 0.15) is 4.88 Å². The average molecular weight is 559 g/mol. The third kappa shape index (κ3) is 3.98. The average Bonchev–Trinajstić information content (AvgIpc) is 2.90. The van der Waals surface area contributed by atoms with Crippen molar-refractivity contribution >= 4 is 60.9 Å². The lowest BCUT2D eigenvalue weighted by molar-refractivity contribution is -0.0313. The molecule has 3 N–H and O–H groups in total. The van der Waals surface area contributed by atoms with E-state index in [1.807, 2.05) is 0 Å². The summed E-state index contributed by atoms with van der Waals surface area (Å²) in [5, 5.41) is 3.12.